The van der Waals surface area contributed by atoms with Crippen molar-refractivity contribution in [2.24, 2.45) is 0 Å². The quantitative estimate of drug-likeness (QED) is 0.368. The Morgan fingerprint density at radius 2 is 2.18 bits per heavy atom. The zero-order valence-corrected chi connectivity index (χ0v) is 17.2. The third-order valence-corrected chi connectivity index (χ3v) is 6.28. The number of unbranched alkanes of at least 4 members (excludes halogenated alkanes) is 1. The minimum atomic E-state index is -0.0294. The maximum Gasteiger partial charge on any atom is 0.261 e. The number of para-hydroxylation sites is 1. The topological polar surface area (TPSA) is 57.8 Å². The molecule has 6 heteroatoms. The number of hydrogen-bond acceptors (Lipinski definition) is 3. The van der Waals surface area contributed by atoms with Crippen LogP contribution < -0.4 is 5.32 Å². The van der Waals surface area contributed by atoms with Crippen LogP contribution in [0.3, 0.4) is 0 Å². The van der Waals surface area contributed by atoms with E-state index in [1.54, 1.807) is 12.3 Å². The van der Waals surface area contributed by atoms with E-state index < -0.39 is 0 Å². The number of rotatable bonds is 7. The predicted octanol–water partition coefficient (Wildman–Crippen LogP) is 5.96. The Kier molecular flexibility index (Phi) is 5.64. The largest absolute Gasteiger partial charge is 0.361 e. The minimum absolute atomic E-state index is 0.0294. The summed E-state index contributed by atoms with van der Waals surface area (Å²) in [5.41, 5.74) is 2.37. The number of nitrogens with one attached hydrogen (secondary N) is 2. The van der Waals surface area contributed by atoms with Gasteiger partial charge in [0.1, 0.15) is 5.15 Å². The maximum atomic E-state index is 12.9. The molecule has 28 heavy (non-hydrogen) atoms. The summed E-state index contributed by atoms with van der Waals surface area (Å²) in [5.74, 6) is -0.0294. The van der Waals surface area contributed by atoms with Gasteiger partial charge in [-0.1, -0.05) is 49.6 Å². The summed E-state index contributed by atoms with van der Waals surface area (Å²) in [4.78, 5) is 21.0. The molecule has 1 aromatic carbocycles. The number of carbonyl (C=O) groups is 1. The van der Waals surface area contributed by atoms with E-state index in [2.05, 4.69) is 46.6 Å². The number of hydrogen-bond donors (Lipinski definition) is 2. The molecule has 0 saturated carbocycles. The molecule has 0 aliphatic heterocycles. The van der Waals surface area contributed by atoms with Crippen LogP contribution in [0.1, 0.15) is 41.4 Å². The number of aromatic amines is 1. The van der Waals surface area contributed by atoms with Crippen molar-refractivity contribution in [2.75, 3.05) is 0 Å². The molecule has 0 aliphatic carbocycles. The fourth-order valence-electron chi connectivity index (χ4n) is 3.52. The summed E-state index contributed by atoms with van der Waals surface area (Å²) >= 11 is 7.42. The van der Waals surface area contributed by atoms with Gasteiger partial charge < -0.3 is 10.3 Å². The van der Waals surface area contributed by atoms with E-state index in [1.807, 2.05) is 12.1 Å². The molecular formula is C22H22ClN3OS. The number of aromatic nitrogens is 2. The first-order chi connectivity index (χ1) is 13.6. The third-order valence-electron chi connectivity index (χ3n) is 4.97. The Hall–Kier alpha value is -2.37. The molecule has 4 rings (SSSR count). The minimum Gasteiger partial charge on any atom is -0.361 e. The van der Waals surface area contributed by atoms with Gasteiger partial charge >= 0.3 is 0 Å². The number of nitrogens with zero attached hydrogens (tertiary/aromatic N) is 1. The Balaban J connectivity index is 1.54. The van der Waals surface area contributed by atoms with Crippen LogP contribution in [0, 0.1) is 0 Å². The van der Waals surface area contributed by atoms with Crippen molar-refractivity contribution >= 4 is 49.8 Å². The zero-order valence-electron chi connectivity index (χ0n) is 15.7. The van der Waals surface area contributed by atoms with Gasteiger partial charge in [-0.2, -0.15) is 0 Å². The molecule has 0 saturated heterocycles. The first-order valence-electron chi connectivity index (χ1n) is 9.55. The van der Waals surface area contributed by atoms with Crippen LogP contribution >= 0.6 is 22.9 Å². The van der Waals surface area contributed by atoms with E-state index in [0.717, 1.165) is 41.3 Å². The number of pyridine rings is 1. The molecule has 0 radical (unpaired) electrons. The van der Waals surface area contributed by atoms with Gasteiger partial charge in [-0.25, -0.2) is 4.98 Å². The molecule has 4 aromatic rings. The predicted molar refractivity (Wildman–Crippen MR) is 117 cm³/mol. The molecule has 0 bridgehead atoms. The zero-order chi connectivity index (χ0) is 19.5. The SMILES string of the molecule is CCCCC(Cc1c[nH]c2ccccc12)NC(=O)c1cc2cnc(Cl)cc2s1. The highest BCUT2D eigenvalue weighted by Crippen LogP contribution is 2.27. The number of carbonyl (C=O) groups excluding carboxylic acids is 1. The van der Waals surface area contributed by atoms with Crippen molar-refractivity contribution < 1.29 is 4.79 Å². The lowest BCUT2D eigenvalue weighted by atomic mass is 10.0. The Bertz CT molecular complexity index is 1120. The van der Waals surface area contributed by atoms with E-state index in [1.165, 1.54) is 22.3 Å². The van der Waals surface area contributed by atoms with Crippen molar-refractivity contribution in [1.29, 1.82) is 0 Å². The molecule has 0 fully saturated rings. The van der Waals surface area contributed by atoms with Gasteiger partial charge in [0.2, 0.25) is 0 Å². The highest BCUT2D eigenvalue weighted by atomic mass is 35.5. The standard InChI is InChI=1S/C22H22ClN3OS/c1-2-3-6-16(9-14-12-24-18-8-5-4-7-17(14)18)26-22(27)20-10-15-13-25-21(23)11-19(15)28-20/h4-5,7-8,10-13,16,24H,2-3,6,9H2,1H3,(H,26,27). The first-order valence-corrected chi connectivity index (χ1v) is 10.7. The van der Waals surface area contributed by atoms with Crippen LogP contribution in [0.5, 0.6) is 0 Å². The summed E-state index contributed by atoms with van der Waals surface area (Å²) < 4.78 is 0.979. The monoisotopic (exact) mass is 411 g/mol. The number of halogens is 1. The molecule has 144 valence electrons. The van der Waals surface area contributed by atoms with Crippen molar-refractivity contribution in [2.45, 2.75) is 38.6 Å². The molecule has 0 spiro atoms. The number of benzene rings is 1. The van der Waals surface area contributed by atoms with Crippen LogP contribution in [-0.4, -0.2) is 21.9 Å². The lowest BCUT2D eigenvalue weighted by Crippen LogP contribution is -2.36. The Morgan fingerprint density at radius 1 is 1.32 bits per heavy atom. The van der Waals surface area contributed by atoms with Gasteiger partial charge in [-0.3, -0.25) is 4.79 Å². The van der Waals surface area contributed by atoms with E-state index in [9.17, 15) is 4.79 Å². The number of H-pyrrole nitrogens is 1. The number of amides is 1. The second kappa shape index (κ2) is 8.33. The molecule has 3 heterocycles. The lowest BCUT2D eigenvalue weighted by molar-refractivity contribution is 0.0938. The molecular weight excluding hydrogens is 390 g/mol. The lowest BCUT2D eigenvalue weighted by Gasteiger charge is -2.18. The molecule has 3 aromatic heterocycles. The van der Waals surface area contributed by atoms with Crippen LogP contribution in [-0.2, 0) is 6.42 Å². The highest BCUT2D eigenvalue weighted by Gasteiger charge is 2.18. The third kappa shape index (κ3) is 4.05. The summed E-state index contributed by atoms with van der Waals surface area (Å²) in [6, 6.07) is 12.1. The summed E-state index contributed by atoms with van der Waals surface area (Å²) in [6.07, 6.45) is 7.73. The van der Waals surface area contributed by atoms with Crippen molar-refractivity contribution in [3.05, 3.63) is 64.4 Å². The molecule has 1 amide bonds. The smallest absolute Gasteiger partial charge is 0.261 e. The molecule has 1 atom stereocenters. The Morgan fingerprint density at radius 3 is 3.04 bits per heavy atom. The second-order valence-corrected chi connectivity index (χ2v) is 8.50. The maximum absolute atomic E-state index is 12.9. The average Bonchev–Trinajstić information content (AvgIpc) is 3.30. The van der Waals surface area contributed by atoms with Gasteiger partial charge in [0.05, 0.1) is 4.88 Å². The molecule has 2 N–H and O–H groups in total. The van der Waals surface area contributed by atoms with Gasteiger partial charge in [0.15, 0.2) is 0 Å². The van der Waals surface area contributed by atoms with E-state index >= 15 is 0 Å². The van der Waals surface area contributed by atoms with Crippen LogP contribution in [0.4, 0.5) is 0 Å². The normalized spacial score (nSPS) is 12.5. The first kappa shape index (κ1) is 19.0. The molecule has 4 nitrogen and oxygen atoms in total. The van der Waals surface area contributed by atoms with E-state index in [4.69, 9.17) is 11.6 Å². The van der Waals surface area contributed by atoms with Gasteiger partial charge in [-0.05, 0) is 36.6 Å². The van der Waals surface area contributed by atoms with Crippen molar-refractivity contribution in [1.82, 2.24) is 15.3 Å². The highest BCUT2D eigenvalue weighted by molar-refractivity contribution is 7.20. The average molecular weight is 412 g/mol. The van der Waals surface area contributed by atoms with Gasteiger partial charge in [0, 0.05) is 39.4 Å². The fourth-order valence-corrected chi connectivity index (χ4v) is 4.72. The number of fused-ring (bicyclic) bond motifs is 2. The van der Waals surface area contributed by atoms with Gasteiger partial charge in [0.25, 0.3) is 5.91 Å². The van der Waals surface area contributed by atoms with E-state index in [-0.39, 0.29) is 11.9 Å². The summed E-state index contributed by atoms with van der Waals surface area (Å²) in [7, 11) is 0. The summed E-state index contributed by atoms with van der Waals surface area (Å²) in [6.45, 7) is 2.17. The Labute approximate surface area is 172 Å². The second-order valence-electron chi connectivity index (χ2n) is 7.03. The summed E-state index contributed by atoms with van der Waals surface area (Å²) in [5, 5.41) is 5.87. The van der Waals surface area contributed by atoms with E-state index in [0.29, 0.717) is 10.0 Å². The van der Waals surface area contributed by atoms with Crippen LogP contribution in [0.2, 0.25) is 5.15 Å². The van der Waals surface area contributed by atoms with Gasteiger partial charge in [-0.15, -0.1) is 11.3 Å². The van der Waals surface area contributed by atoms with Crippen LogP contribution in [0.25, 0.3) is 21.0 Å². The van der Waals surface area contributed by atoms with Crippen molar-refractivity contribution in [3.8, 4) is 0 Å². The number of thiophene rings is 1. The molecule has 0 aliphatic rings. The fraction of sp³-hybridized carbons (Fsp3) is 0.273. The van der Waals surface area contributed by atoms with Crippen molar-refractivity contribution in [3.63, 3.8) is 0 Å². The molecule has 1 unspecified atom stereocenters. The van der Waals surface area contributed by atoms with Crippen LogP contribution in [0.15, 0.2) is 48.8 Å².